The normalized spacial score (nSPS) is 17.4. The van der Waals surface area contributed by atoms with Crippen LogP contribution in [0.1, 0.15) is 46.6 Å². The van der Waals surface area contributed by atoms with Crippen molar-refractivity contribution in [3.05, 3.63) is 29.8 Å². The number of carbonyl (C=O) groups is 1. The number of benzene rings is 1. The van der Waals surface area contributed by atoms with Gasteiger partial charge in [-0.2, -0.15) is 0 Å². The van der Waals surface area contributed by atoms with Crippen LogP contribution in [0.4, 0.5) is 0 Å². The van der Waals surface area contributed by atoms with Crippen molar-refractivity contribution >= 4 is 15.8 Å². The van der Waals surface area contributed by atoms with E-state index in [1.165, 1.54) is 0 Å². The van der Waals surface area contributed by atoms with Crippen LogP contribution in [0, 0.1) is 5.92 Å². The van der Waals surface area contributed by atoms with E-state index in [-0.39, 0.29) is 11.3 Å². The van der Waals surface area contributed by atoms with Gasteiger partial charge in [0.05, 0.1) is 10.9 Å². The minimum absolute atomic E-state index is 0.0349. The Kier molecular flexibility index (Phi) is 5.89. The zero-order valence-corrected chi connectivity index (χ0v) is 14.8. The molecule has 0 aliphatic carbocycles. The van der Waals surface area contributed by atoms with Gasteiger partial charge in [-0.1, -0.05) is 53.2 Å². The van der Waals surface area contributed by atoms with Gasteiger partial charge in [0.2, 0.25) is 0 Å². The Labute approximate surface area is 133 Å². The topological polar surface area (TPSA) is 98.5 Å². The lowest BCUT2D eigenvalue weighted by Gasteiger charge is -2.20. The Balaban J connectivity index is 3.22. The lowest BCUT2D eigenvalue weighted by Crippen LogP contribution is -2.36. The summed E-state index contributed by atoms with van der Waals surface area (Å²) < 4.78 is 16.3. The van der Waals surface area contributed by atoms with E-state index in [0.717, 1.165) is 12.0 Å². The summed E-state index contributed by atoms with van der Waals surface area (Å²) in [7, 11) is -3.28. The van der Waals surface area contributed by atoms with Crippen LogP contribution in [0.5, 0.6) is 0 Å². The molecular formula is C16H27N3O2S. The highest BCUT2D eigenvalue weighted by Crippen LogP contribution is 2.24. The molecule has 0 fully saturated rings. The number of rotatable bonds is 4. The van der Waals surface area contributed by atoms with Crippen molar-refractivity contribution in [2.75, 3.05) is 0 Å². The first-order valence-electron chi connectivity index (χ1n) is 7.44. The third kappa shape index (κ3) is 4.63. The predicted octanol–water partition coefficient (Wildman–Crippen LogP) is 2.58. The zero-order chi connectivity index (χ0) is 17.1. The number of hydrogen-bond donors (Lipinski definition) is 2. The minimum Gasteiger partial charge on any atom is -0.320 e. The van der Waals surface area contributed by atoms with Crippen molar-refractivity contribution in [2.45, 2.75) is 57.4 Å². The van der Waals surface area contributed by atoms with Gasteiger partial charge in [0.25, 0.3) is 5.91 Å². The van der Waals surface area contributed by atoms with Crippen LogP contribution in [0.25, 0.3) is 0 Å². The molecule has 0 bridgehead atoms. The van der Waals surface area contributed by atoms with E-state index < -0.39 is 21.9 Å². The fourth-order valence-corrected chi connectivity index (χ4v) is 2.95. The van der Waals surface area contributed by atoms with Gasteiger partial charge in [-0.15, -0.1) is 4.36 Å². The molecule has 1 rings (SSSR count). The van der Waals surface area contributed by atoms with Crippen molar-refractivity contribution in [3.8, 4) is 0 Å². The van der Waals surface area contributed by atoms with Crippen LogP contribution in [0.3, 0.4) is 0 Å². The first kappa shape index (κ1) is 18.8. The van der Waals surface area contributed by atoms with Crippen molar-refractivity contribution in [2.24, 2.45) is 21.2 Å². The van der Waals surface area contributed by atoms with Crippen molar-refractivity contribution in [1.29, 1.82) is 0 Å². The van der Waals surface area contributed by atoms with Gasteiger partial charge in [-0.25, -0.2) is 9.35 Å². The maximum atomic E-state index is 12.6. The van der Waals surface area contributed by atoms with Gasteiger partial charge in [0, 0.05) is 0 Å². The Morgan fingerprint density at radius 2 is 1.95 bits per heavy atom. The SMILES string of the molecule is CC[C@H](C)[C@H](N)C(=O)N=S(N)(=O)c1cccc(C(C)(C)C)c1. The van der Waals surface area contributed by atoms with Crippen LogP contribution >= 0.6 is 0 Å². The maximum absolute atomic E-state index is 12.6. The smallest absolute Gasteiger partial charge is 0.272 e. The van der Waals surface area contributed by atoms with Crippen LogP contribution < -0.4 is 10.9 Å². The molecule has 0 saturated carbocycles. The summed E-state index contributed by atoms with van der Waals surface area (Å²) in [4.78, 5) is 12.4. The van der Waals surface area contributed by atoms with Gasteiger partial charge >= 0.3 is 0 Å². The molecule has 1 amide bonds. The average molecular weight is 325 g/mol. The van der Waals surface area contributed by atoms with Gasteiger partial charge < -0.3 is 5.73 Å². The first-order chi connectivity index (χ1) is 9.99. The van der Waals surface area contributed by atoms with Gasteiger partial charge in [-0.05, 0) is 29.0 Å². The molecule has 6 heteroatoms. The number of amides is 1. The van der Waals surface area contributed by atoms with Gasteiger partial charge in [0.15, 0.2) is 0 Å². The van der Waals surface area contributed by atoms with Gasteiger partial charge in [-0.3, -0.25) is 4.79 Å². The number of nitrogens with zero attached hydrogens (tertiary/aromatic N) is 1. The molecule has 3 atom stereocenters. The quantitative estimate of drug-likeness (QED) is 0.890. The maximum Gasteiger partial charge on any atom is 0.272 e. The first-order valence-corrected chi connectivity index (χ1v) is 9.01. The second-order valence-corrected chi connectivity index (χ2v) is 8.48. The molecule has 4 N–H and O–H groups in total. The highest BCUT2D eigenvalue weighted by Gasteiger charge is 2.22. The summed E-state index contributed by atoms with van der Waals surface area (Å²) in [5, 5.41) is 5.82. The van der Waals surface area contributed by atoms with Crippen LogP contribution in [0.15, 0.2) is 33.5 Å². The number of carbonyl (C=O) groups excluding carboxylic acids is 1. The average Bonchev–Trinajstić information content (AvgIpc) is 2.44. The zero-order valence-electron chi connectivity index (χ0n) is 14.0. The summed E-state index contributed by atoms with van der Waals surface area (Å²) in [6.07, 6.45) is 0.744. The molecule has 1 unspecified atom stereocenters. The Bertz CT molecular complexity index is 656. The highest BCUT2D eigenvalue weighted by atomic mass is 32.2. The Morgan fingerprint density at radius 3 is 2.45 bits per heavy atom. The van der Waals surface area contributed by atoms with Crippen molar-refractivity contribution in [1.82, 2.24) is 0 Å². The third-order valence-electron chi connectivity index (χ3n) is 3.81. The molecule has 0 spiro atoms. The largest absolute Gasteiger partial charge is 0.320 e. The summed E-state index contributed by atoms with van der Waals surface area (Å²) in [6.45, 7) is 9.93. The van der Waals surface area contributed by atoms with Crippen molar-refractivity contribution in [3.63, 3.8) is 0 Å². The summed E-state index contributed by atoms with van der Waals surface area (Å²) >= 11 is 0. The fourth-order valence-electron chi connectivity index (χ4n) is 1.89. The van der Waals surface area contributed by atoms with Crippen LogP contribution in [-0.2, 0) is 20.1 Å². The molecule has 124 valence electrons. The third-order valence-corrected chi connectivity index (χ3v) is 5.19. The number of nitrogens with two attached hydrogens (primary N) is 2. The van der Waals surface area contributed by atoms with Crippen LogP contribution in [-0.4, -0.2) is 16.2 Å². The lowest BCUT2D eigenvalue weighted by molar-refractivity contribution is -0.119. The molecule has 1 aromatic carbocycles. The Morgan fingerprint density at radius 1 is 1.36 bits per heavy atom. The van der Waals surface area contributed by atoms with E-state index in [1.54, 1.807) is 18.2 Å². The van der Waals surface area contributed by atoms with E-state index in [9.17, 15) is 9.00 Å². The van der Waals surface area contributed by atoms with E-state index in [2.05, 4.69) is 4.36 Å². The predicted molar refractivity (Wildman–Crippen MR) is 90.6 cm³/mol. The molecule has 0 aromatic heterocycles. The minimum atomic E-state index is -3.28. The molecular weight excluding hydrogens is 298 g/mol. The van der Waals surface area contributed by atoms with E-state index >= 15 is 0 Å². The van der Waals surface area contributed by atoms with Crippen LogP contribution in [0.2, 0.25) is 0 Å². The monoisotopic (exact) mass is 325 g/mol. The standard InChI is InChI=1S/C16H27N3O2S/c1-6-11(2)14(17)15(20)19-22(18,21)13-9-7-8-12(10-13)16(3,4)5/h7-11,14H,6,17H2,1-5H3,(H2,18,19,20,21)/t11-,14-,22?/m0/s1. The molecule has 1 aromatic rings. The molecule has 0 radical (unpaired) electrons. The molecule has 0 saturated heterocycles. The second-order valence-electron chi connectivity index (χ2n) is 6.69. The number of hydrogen-bond acceptors (Lipinski definition) is 3. The summed E-state index contributed by atoms with van der Waals surface area (Å²) in [5.74, 6) is -0.643. The van der Waals surface area contributed by atoms with E-state index in [0.29, 0.717) is 4.90 Å². The van der Waals surface area contributed by atoms with Crippen molar-refractivity contribution < 1.29 is 9.00 Å². The molecule has 0 heterocycles. The fraction of sp³-hybridized carbons (Fsp3) is 0.562. The molecule has 5 nitrogen and oxygen atoms in total. The summed E-state index contributed by atoms with van der Waals surface area (Å²) in [6, 6.07) is 6.31. The Hall–Kier alpha value is -1.24. The highest BCUT2D eigenvalue weighted by molar-refractivity contribution is 7.91. The molecule has 0 aliphatic heterocycles. The van der Waals surface area contributed by atoms with Gasteiger partial charge in [0.1, 0.15) is 9.92 Å². The molecule has 0 aliphatic rings. The van der Waals surface area contributed by atoms with E-state index in [4.69, 9.17) is 10.9 Å². The molecule has 22 heavy (non-hydrogen) atoms. The second kappa shape index (κ2) is 6.89. The van der Waals surface area contributed by atoms with E-state index in [1.807, 2.05) is 40.7 Å². The lowest BCUT2D eigenvalue weighted by atomic mass is 9.87. The summed E-state index contributed by atoms with van der Waals surface area (Å²) in [5.41, 5.74) is 6.71.